The third-order valence-electron chi connectivity index (χ3n) is 4.87. The molecule has 1 fully saturated rings. The van der Waals surface area contributed by atoms with E-state index < -0.39 is 0 Å². The summed E-state index contributed by atoms with van der Waals surface area (Å²) in [5, 5.41) is 0. The monoisotopic (exact) mass is 278 g/mol. The fourth-order valence-electron chi connectivity index (χ4n) is 3.24. The van der Waals surface area contributed by atoms with Crippen LogP contribution in [0.1, 0.15) is 39.5 Å². The highest BCUT2D eigenvalue weighted by Crippen LogP contribution is 2.39. The largest absolute Gasteiger partial charge is 0.371 e. The average molecular weight is 278 g/mol. The molecule has 0 radical (unpaired) electrons. The van der Waals surface area contributed by atoms with Crippen molar-refractivity contribution in [2.75, 3.05) is 24.5 Å². The maximum Gasteiger partial charge on any atom is 0.123 e. The second kappa shape index (κ2) is 6.57. The van der Waals surface area contributed by atoms with Crippen LogP contribution in [0.4, 0.5) is 10.1 Å². The van der Waals surface area contributed by atoms with E-state index in [1.165, 1.54) is 37.8 Å². The van der Waals surface area contributed by atoms with Crippen LogP contribution >= 0.6 is 0 Å². The molecular weight excluding hydrogens is 251 g/mol. The second-order valence-corrected chi connectivity index (χ2v) is 6.38. The van der Waals surface area contributed by atoms with Crippen LogP contribution in [-0.4, -0.2) is 19.6 Å². The molecule has 2 N–H and O–H groups in total. The molecular formula is C17H27FN2. The molecule has 0 spiro atoms. The van der Waals surface area contributed by atoms with Gasteiger partial charge in [0.2, 0.25) is 0 Å². The van der Waals surface area contributed by atoms with E-state index in [-0.39, 0.29) is 11.2 Å². The van der Waals surface area contributed by atoms with Crippen LogP contribution in [0.15, 0.2) is 24.3 Å². The van der Waals surface area contributed by atoms with Crippen molar-refractivity contribution < 1.29 is 4.39 Å². The first kappa shape index (κ1) is 15.3. The Labute approximate surface area is 122 Å². The number of hydrogen-bond acceptors (Lipinski definition) is 2. The zero-order valence-corrected chi connectivity index (χ0v) is 12.7. The van der Waals surface area contributed by atoms with Crippen molar-refractivity contribution in [2.45, 2.75) is 39.5 Å². The predicted molar refractivity (Wildman–Crippen MR) is 83.4 cm³/mol. The Hall–Kier alpha value is -1.09. The molecule has 0 unspecified atom stereocenters. The van der Waals surface area contributed by atoms with Crippen molar-refractivity contribution in [1.29, 1.82) is 0 Å². The smallest absolute Gasteiger partial charge is 0.123 e. The normalized spacial score (nSPS) is 26.5. The summed E-state index contributed by atoms with van der Waals surface area (Å²) in [6.45, 7) is 7.15. The Morgan fingerprint density at radius 2 is 1.85 bits per heavy atom. The number of anilines is 1. The van der Waals surface area contributed by atoms with Gasteiger partial charge in [-0.05, 0) is 56.5 Å². The van der Waals surface area contributed by atoms with Gasteiger partial charge in [-0.15, -0.1) is 0 Å². The third-order valence-corrected chi connectivity index (χ3v) is 4.87. The molecule has 1 aliphatic rings. The average Bonchev–Trinajstić information content (AvgIpc) is 2.48. The molecule has 2 rings (SSSR count). The van der Waals surface area contributed by atoms with Crippen LogP contribution in [0.2, 0.25) is 0 Å². The topological polar surface area (TPSA) is 29.3 Å². The molecule has 2 nitrogen and oxygen atoms in total. The number of nitrogens with zero attached hydrogens (tertiary/aromatic N) is 1. The molecule has 0 heterocycles. The molecule has 3 heteroatoms. The highest BCUT2D eigenvalue weighted by Gasteiger charge is 2.34. The van der Waals surface area contributed by atoms with E-state index in [0.29, 0.717) is 0 Å². The van der Waals surface area contributed by atoms with E-state index in [4.69, 9.17) is 5.73 Å². The fraction of sp³-hybridized carbons (Fsp3) is 0.647. The quantitative estimate of drug-likeness (QED) is 0.887. The van der Waals surface area contributed by atoms with Crippen LogP contribution in [0.5, 0.6) is 0 Å². The van der Waals surface area contributed by atoms with Gasteiger partial charge in [0.05, 0.1) is 0 Å². The van der Waals surface area contributed by atoms with Gasteiger partial charge < -0.3 is 10.6 Å². The minimum Gasteiger partial charge on any atom is -0.371 e. The molecule has 0 aromatic heterocycles. The standard InChI is InChI=1S/C17H27FN2/c1-3-20(16-6-4-15(18)5-7-16)13-17(12-19)10-8-14(2)9-11-17/h4-7,14H,3,8-13,19H2,1-2H3. The van der Waals surface area contributed by atoms with E-state index in [1.54, 1.807) is 0 Å². The molecule has 0 amide bonds. The van der Waals surface area contributed by atoms with Crippen LogP contribution in [-0.2, 0) is 0 Å². The third kappa shape index (κ3) is 3.51. The summed E-state index contributed by atoms with van der Waals surface area (Å²) in [5.74, 6) is 0.653. The Morgan fingerprint density at radius 3 is 2.35 bits per heavy atom. The maximum atomic E-state index is 13.1. The van der Waals surface area contributed by atoms with Crippen LogP contribution in [0.25, 0.3) is 0 Å². The molecule has 112 valence electrons. The molecule has 0 atom stereocenters. The molecule has 0 saturated heterocycles. The Morgan fingerprint density at radius 1 is 1.25 bits per heavy atom. The van der Waals surface area contributed by atoms with E-state index in [1.807, 2.05) is 12.1 Å². The van der Waals surface area contributed by atoms with Crippen LogP contribution in [0, 0.1) is 17.2 Å². The lowest BCUT2D eigenvalue weighted by Gasteiger charge is -2.42. The number of nitrogens with two attached hydrogens (primary N) is 1. The van der Waals surface area contributed by atoms with Crippen molar-refractivity contribution in [2.24, 2.45) is 17.1 Å². The van der Waals surface area contributed by atoms with E-state index >= 15 is 0 Å². The predicted octanol–water partition coefficient (Wildman–Crippen LogP) is 3.81. The van der Waals surface area contributed by atoms with Gasteiger partial charge in [0.25, 0.3) is 0 Å². The van der Waals surface area contributed by atoms with Gasteiger partial charge in [-0.2, -0.15) is 0 Å². The van der Waals surface area contributed by atoms with Crippen molar-refractivity contribution in [3.8, 4) is 0 Å². The van der Waals surface area contributed by atoms with Gasteiger partial charge in [-0.25, -0.2) is 4.39 Å². The summed E-state index contributed by atoms with van der Waals surface area (Å²) in [4.78, 5) is 2.34. The number of halogens is 1. The lowest BCUT2D eigenvalue weighted by atomic mass is 9.70. The summed E-state index contributed by atoms with van der Waals surface area (Å²) in [6.07, 6.45) is 4.97. The van der Waals surface area contributed by atoms with Crippen LogP contribution < -0.4 is 10.6 Å². The number of hydrogen-bond donors (Lipinski definition) is 1. The summed E-state index contributed by atoms with van der Waals surface area (Å²) in [5.41, 5.74) is 7.43. The molecule has 1 aromatic rings. The number of benzene rings is 1. The first-order valence-corrected chi connectivity index (χ1v) is 7.79. The van der Waals surface area contributed by atoms with Gasteiger partial charge >= 0.3 is 0 Å². The first-order chi connectivity index (χ1) is 9.58. The zero-order chi connectivity index (χ0) is 14.6. The minimum absolute atomic E-state index is 0.176. The molecule has 1 aliphatic carbocycles. The molecule has 0 aliphatic heterocycles. The first-order valence-electron chi connectivity index (χ1n) is 7.79. The van der Waals surface area contributed by atoms with E-state index in [9.17, 15) is 4.39 Å². The highest BCUT2D eigenvalue weighted by atomic mass is 19.1. The van der Waals surface area contributed by atoms with Crippen molar-refractivity contribution in [1.82, 2.24) is 0 Å². The second-order valence-electron chi connectivity index (χ2n) is 6.38. The summed E-state index contributed by atoms with van der Waals surface area (Å²) >= 11 is 0. The lowest BCUT2D eigenvalue weighted by molar-refractivity contribution is 0.169. The summed E-state index contributed by atoms with van der Waals surface area (Å²) in [7, 11) is 0. The van der Waals surface area contributed by atoms with E-state index in [2.05, 4.69) is 18.7 Å². The van der Waals surface area contributed by atoms with Crippen molar-refractivity contribution in [3.63, 3.8) is 0 Å². The maximum absolute atomic E-state index is 13.1. The van der Waals surface area contributed by atoms with Gasteiger partial charge in [0, 0.05) is 24.2 Å². The summed E-state index contributed by atoms with van der Waals surface area (Å²) in [6, 6.07) is 6.81. The SMILES string of the molecule is CCN(CC1(CN)CCC(C)CC1)c1ccc(F)cc1. The Bertz CT molecular complexity index is 408. The van der Waals surface area contributed by atoms with Gasteiger partial charge in [-0.3, -0.25) is 0 Å². The lowest BCUT2D eigenvalue weighted by Crippen LogP contribution is -2.45. The van der Waals surface area contributed by atoms with Crippen LogP contribution in [0.3, 0.4) is 0 Å². The Kier molecular flexibility index (Phi) is 5.03. The van der Waals surface area contributed by atoms with Gasteiger partial charge in [0.1, 0.15) is 5.82 Å². The molecule has 0 bridgehead atoms. The zero-order valence-electron chi connectivity index (χ0n) is 12.7. The summed E-state index contributed by atoms with van der Waals surface area (Å²) < 4.78 is 13.1. The van der Waals surface area contributed by atoms with Crippen molar-refractivity contribution >= 4 is 5.69 Å². The fourth-order valence-corrected chi connectivity index (χ4v) is 3.24. The molecule has 20 heavy (non-hydrogen) atoms. The molecule has 1 saturated carbocycles. The van der Waals surface area contributed by atoms with Gasteiger partial charge in [0.15, 0.2) is 0 Å². The van der Waals surface area contributed by atoms with E-state index in [0.717, 1.165) is 31.2 Å². The van der Waals surface area contributed by atoms with Gasteiger partial charge in [-0.1, -0.05) is 19.8 Å². The Balaban J connectivity index is 2.09. The number of rotatable bonds is 5. The highest BCUT2D eigenvalue weighted by molar-refractivity contribution is 5.46. The molecule has 1 aromatic carbocycles. The van der Waals surface area contributed by atoms with Crippen molar-refractivity contribution in [3.05, 3.63) is 30.1 Å². The minimum atomic E-state index is -0.176.